The van der Waals surface area contributed by atoms with E-state index in [1.54, 1.807) is 54.6 Å². The Morgan fingerprint density at radius 2 is 1.72 bits per heavy atom. The van der Waals surface area contributed by atoms with Crippen LogP contribution in [0.25, 0.3) is 11.1 Å². The van der Waals surface area contributed by atoms with E-state index < -0.39 is 10.0 Å². The predicted molar refractivity (Wildman–Crippen MR) is 126 cm³/mol. The molecule has 0 saturated carbocycles. The highest BCUT2D eigenvalue weighted by Gasteiger charge is 2.14. The molecule has 0 unspecified atom stereocenters. The summed E-state index contributed by atoms with van der Waals surface area (Å²) in [5.41, 5.74) is 7.96. The molecule has 168 valence electrons. The van der Waals surface area contributed by atoms with Crippen LogP contribution in [0, 0.1) is 12.3 Å². The van der Waals surface area contributed by atoms with Crippen LogP contribution >= 0.6 is 0 Å². The largest absolute Gasteiger partial charge is 0.508 e. The number of carbonyl (C=O) groups excluding carboxylic acids is 1. The quantitative estimate of drug-likeness (QED) is 0.285. The molecule has 0 aromatic heterocycles. The van der Waals surface area contributed by atoms with Crippen molar-refractivity contribution in [1.29, 1.82) is 5.41 Å². The molecule has 0 bridgehead atoms. The number of phenolic OH excluding ortho intramolecular Hbond substituents is 1. The SMILES string of the molecule is Cc1cc(CCC(=O)Nc2ccc(-c3ccccc3S(N)(=O)=O)cc2)ccc1O.N=CN. The lowest BCUT2D eigenvalue weighted by Gasteiger charge is -2.10. The summed E-state index contributed by atoms with van der Waals surface area (Å²) in [6.07, 6.45) is 1.62. The first-order chi connectivity index (χ1) is 15.2. The fourth-order valence-corrected chi connectivity index (χ4v) is 3.80. The summed E-state index contributed by atoms with van der Waals surface area (Å²) in [5.74, 6) is 0.107. The van der Waals surface area contributed by atoms with Crippen LogP contribution in [0.15, 0.2) is 71.6 Å². The van der Waals surface area contributed by atoms with E-state index in [4.69, 9.17) is 10.5 Å². The number of carbonyl (C=O) groups is 1. The normalized spacial score (nSPS) is 10.6. The maximum Gasteiger partial charge on any atom is 0.238 e. The van der Waals surface area contributed by atoms with Gasteiger partial charge in [0.05, 0.1) is 11.2 Å². The van der Waals surface area contributed by atoms with Gasteiger partial charge in [-0.2, -0.15) is 0 Å². The van der Waals surface area contributed by atoms with Gasteiger partial charge in [-0.05, 0) is 54.3 Å². The maximum atomic E-state index is 12.2. The van der Waals surface area contributed by atoms with Crippen molar-refractivity contribution in [3.8, 4) is 16.9 Å². The van der Waals surface area contributed by atoms with Gasteiger partial charge in [0.2, 0.25) is 15.9 Å². The number of primary sulfonamides is 1. The van der Waals surface area contributed by atoms with Gasteiger partial charge in [0.15, 0.2) is 0 Å². The molecule has 9 heteroatoms. The van der Waals surface area contributed by atoms with Crippen molar-refractivity contribution in [3.63, 3.8) is 0 Å². The van der Waals surface area contributed by atoms with Crippen LogP contribution < -0.4 is 16.2 Å². The number of amides is 1. The Labute approximate surface area is 187 Å². The fraction of sp³-hybridized carbons (Fsp3) is 0.130. The minimum Gasteiger partial charge on any atom is -0.508 e. The van der Waals surface area contributed by atoms with Gasteiger partial charge in [-0.3, -0.25) is 10.2 Å². The predicted octanol–water partition coefficient (Wildman–Crippen LogP) is 3.14. The molecule has 0 aliphatic heterocycles. The number of sulfonamides is 1. The molecule has 0 spiro atoms. The Morgan fingerprint density at radius 3 is 2.31 bits per heavy atom. The van der Waals surface area contributed by atoms with E-state index in [-0.39, 0.29) is 16.6 Å². The Morgan fingerprint density at radius 1 is 1.09 bits per heavy atom. The van der Waals surface area contributed by atoms with Crippen LogP contribution in [0.2, 0.25) is 0 Å². The summed E-state index contributed by atoms with van der Waals surface area (Å²) in [4.78, 5) is 12.3. The van der Waals surface area contributed by atoms with Crippen LogP contribution in [0.3, 0.4) is 0 Å². The molecule has 8 nitrogen and oxygen atoms in total. The number of aromatic hydroxyl groups is 1. The molecular weight excluding hydrogens is 428 g/mol. The van der Waals surface area contributed by atoms with Crippen molar-refractivity contribution in [3.05, 3.63) is 77.9 Å². The molecule has 0 fully saturated rings. The number of rotatable bonds is 6. The number of nitrogens with one attached hydrogen (secondary N) is 2. The van der Waals surface area contributed by atoms with E-state index in [9.17, 15) is 18.3 Å². The van der Waals surface area contributed by atoms with Gasteiger partial charge in [0, 0.05) is 17.7 Å². The summed E-state index contributed by atoms with van der Waals surface area (Å²) in [5, 5.41) is 23.5. The van der Waals surface area contributed by atoms with Gasteiger partial charge >= 0.3 is 0 Å². The first-order valence-corrected chi connectivity index (χ1v) is 11.2. The molecule has 3 aromatic rings. The first kappa shape index (κ1) is 24.6. The van der Waals surface area contributed by atoms with Gasteiger partial charge in [-0.25, -0.2) is 13.6 Å². The third-order valence-electron chi connectivity index (χ3n) is 4.58. The van der Waals surface area contributed by atoms with Crippen molar-refractivity contribution in [2.24, 2.45) is 10.9 Å². The lowest BCUT2D eigenvalue weighted by Crippen LogP contribution is -2.13. The van der Waals surface area contributed by atoms with E-state index in [1.807, 2.05) is 13.0 Å². The minimum atomic E-state index is -3.84. The minimum absolute atomic E-state index is 0.0565. The number of nitrogens with two attached hydrogens (primary N) is 2. The molecule has 0 heterocycles. The van der Waals surface area contributed by atoms with Crippen LogP contribution in [-0.4, -0.2) is 25.8 Å². The van der Waals surface area contributed by atoms with Gasteiger partial charge in [0.1, 0.15) is 5.75 Å². The van der Waals surface area contributed by atoms with E-state index in [2.05, 4.69) is 11.1 Å². The standard InChI is InChI=1S/C22H22N2O4S.CH4N2/c1-15-14-16(6-12-20(15)25)7-13-22(26)24-18-10-8-17(9-11-18)19-4-2-3-5-21(19)29(23,27)28;2-1-3/h2-6,8-12,14,25H,7,13H2,1H3,(H,24,26)(H2,23,27,28);1H,(H3,2,3). The lowest BCUT2D eigenvalue weighted by molar-refractivity contribution is -0.116. The second-order valence-corrected chi connectivity index (χ2v) is 8.48. The van der Waals surface area contributed by atoms with E-state index in [0.717, 1.165) is 17.5 Å². The zero-order chi connectivity index (χ0) is 23.7. The summed E-state index contributed by atoms with van der Waals surface area (Å²) in [6.45, 7) is 1.81. The first-order valence-electron chi connectivity index (χ1n) is 9.67. The topological polar surface area (TPSA) is 159 Å². The number of hydrogen-bond acceptors (Lipinski definition) is 5. The third kappa shape index (κ3) is 6.93. The Kier molecular flexibility index (Phi) is 8.51. The molecule has 1 amide bonds. The van der Waals surface area contributed by atoms with Crippen molar-refractivity contribution in [2.45, 2.75) is 24.7 Å². The number of hydrogen-bond donors (Lipinski definition) is 5. The Bertz CT molecular complexity index is 1190. The number of aryl methyl sites for hydroxylation is 2. The maximum absolute atomic E-state index is 12.2. The number of benzene rings is 3. The zero-order valence-electron chi connectivity index (χ0n) is 17.6. The van der Waals surface area contributed by atoms with Crippen molar-refractivity contribution >= 4 is 28.0 Å². The van der Waals surface area contributed by atoms with Crippen LogP contribution in [0.5, 0.6) is 5.75 Å². The van der Waals surface area contributed by atoms with Crippen molar-refractivity contribution in [2.75, 3.05) is 5.32 Å². The smallest absolute Gasteiger partial charge is 0.238 e. The Hall–Kier alpha value is -3.69. The van der Waals surface area contributed by atoms with Gasteiger partial charge < -0.3 is 16.2 Å². The second-order valence-electron chi connectivity index (χ2n) is 6.95. The van der Waals surface area contributed by atoms with Crippen LogP contribution in [0.1, 0.15) is 17.5 Å². The number of phenols is 1. The van der Waals surface area contributed by atoms with Crippen LogP contribution in [0.4, 0.5) is 5.69 Å². The van der Waals surface area contributed by atoms with Gasteiger partial charge in [-0.1, -0.05) is 42.5 Å². The molecular formula is C23H26N4O4S. The summed E-state index contributed by atoms with van der Waals surface area (Å²) in [7, 11) is -3.84. The molecule has 3 aromatic carbocycles. The average molecular weight is 455 g/mol. The molecule has 0 aliphatic carbocycles. The molecule has 0 radical (unpaired) electrons. The monoisotopic (exact) mass is 454 g/mol. The van der Waals surface area contributed by atoms with Crippen molar-refractivity contribution in [1.82, 2.24) is 0 Å². The molecule has 0 saturated heterocycles. The highest BCUT2D eigenvalue weighted by molar-refractivity contribution is 7.89. The van der Waals surface area contributed by atoms with Gasteiger partial charge in [-0.15, -0.1) is 0 Å². The van der Waals surface area contributed by atoms with E-state index in [1.165, 1.54) is 6.07 Å². The van der Waals surface area contributed by atoms with Crippen LogP contribution in [-0.2, 0) is 21.2 Å². The molecule has 3 rings (SSSR count). The van der Waals surface area contributed by atoms with Gasteiger partial charge in [0.25, 0.3) is 0 Å². The van der Waals surface area contributed by atoms with Crippen molar-refractivity contribution < 1.29 is 18.3 Å². The second kappa shape index (κ2) is 11.1. The zero-order valence-corrected chi connectivity index (χ0v) is 18.4. The summed E-state index contributed by atoms with van der Waals surface area (Å²) >= 11 is 0. The lowest BCUT2D eigenvalue weighted by atomic mass is 10.0. The summed E-state index contributed by atoms with van der Waals surface area (Å²) in [6, 6.07) is 18.7. The third-order valence-corrected chi connectivity index (χ3v) is 5.54. The molecule has 0 atom stereocenters. The number of anilines is 1. The van der Waals surface area contributed by atoms with E-state index >= 15 is 0 Å². The average Bonchev–Trinajstić information content (AvgIpc) is 2.75. The highest BCUT2D eigenvalue weighted by atomic mass is 32.2. The highest BCUT2D eigenvalue weighted by Crippen LogP contribution is 2.27. The summed E-state index contributed by atoms with van der Waals surface area (Å²) < 4.78 is 23.5. The molecule has 0 aliphatic rings. The Balaban J connectivity index is 0.00000114. The fourth-order valence-electron chi connectivity index (χ4n) is 3.04. The van der Waals surface area contributed by atoms with E-state index in [0.29, 0.717) is 29.7 Å². The molecule has 7 N–H and O–H groups in total. The molecule has 32 heavy (non-hydrogen) atoms.